The standard InChI is InChI=1S/C20H22ClN7O/c1-12(29)25-14-5-7-15(8-6-14)27-20-22-10-17-18(28-20)19(24-11-23-17)26-16-4-2-3-13(21)9-16/h2-4,9-11,14-15H,5-8H2,1H3,(H,25,29)(H,22,27,28)(H,23,24,26)/t14-,15-. The molecule has 0 bridgehead atoms. The molecule has 29 heavy (non-hydrogen) atoms. The number of anilines is 3. The third kappa shape index (κ3) is 4.89. The molecule has 0 radical (unpaired) electrons. The number of rotatable bonds is 5. The molecular formula is C20H22ClN7O. The summed E-state index contributed by atoms with van der Waals surface area (Å²) in [7, 11) is 0. The van der Waals surface area contributed by atoms with Gasteiger partial charge in [0, 0.05) is 29.7 Å². The van der Waals surface area contributed by atoms with E-state index in [-0.39, 0.29) is 18.0 Å². The number of nitrogens with zero attached hydrogens (tertiary/aromatic N) is 4. The highest BCUT2D eigenvalue weighted by atomic mass is 35.5. The third-order valence-electron chi connectivity index (χ3n) is 4.93. The van der Waals surface area contributed by atoms with Gasteiger partial charge in [0.2, 0.25) is 11.9 Å². The van der Waals surface area contributed by atoms with Gasteiger partial charge < -0.3 is 16.0 Å². The van der Waals surface area contributed by atoms with E-state index in [1.807, 2.05) is 24.3 Å². The summed E-state index contributed by atoms with van der Waals surface area (Å²) in [6.07, 6.45) is 6.95. The molecule has 0 saturated heterocycles. The van der Waals surface area contributed by atoms with Crippen molar-refractivity contribution >= 4 is 46.0 Å². The minimum absolute atomic E-state index is 0.0269. The topological polar surface area (TPSA) is 105 Å². The van der Waals surface area contributed by atoms with Crippen molar-refractivity contribution in [3.05, 3.63) is 41.8 Å². The number of halogens is 1. The highest BCUT2D eigenvalue weighted by Gasteiger charge is 2.22. The van der Waals surface area contributed by atoms with E-state index in [0.29, 0.717) is 27.8 Å². The van der Waals surface area contributed by atoms with Crippen molar-refractivity contribution in [2.45, 2.75) is 44.7 Å². The minimum atomic E-state index is 0.0269. The quantitative estimate of drug-likeness (QED) is 0.588. The molecule has 3 N–H and O–H groups in total. The summed E-state index contributed by atoms with van der Waals surface area (Å²) in [5.74, 6) is 1.17. The Hall–Kier alpha value is -3.00. The van der Waals surface area contributed by atoms with Crippen LogP contribution in [-0.4, -0.2) is 37.9 Å². The van der Waals surface area contributed by atoms with Crippen LogP contribution in [0.3, 0.4) is 0 Å². The van der Waals surface area contributed by atoms with Crippen molar-refractivity contribution in [3.8, 4) is 0 Å². The number of amides is 1. The summed E-state index contributed by atoms with van der Waals surface area (Å²) in [6.45, 7) is 1.56. The van der Waals surface area contributed by atoms with E-state index in [1.54, 1.807) is 13.1 Å². The van der Waals surface area contributed by atoms with Crippen LogP contribution in [-0.2, 0) is 4.79 Å². The predicted molar refractivity (Wildman–Crippen MR) is 113 cm³/mol. The Balaban J connectivity index is 1.49. The number of fused-ring (bicyclic) bond motifs is 1. The number of nitrogens with one attached hydrogen (secondary N) is 3. The molecule has 1 aromatic carbocycles. The van der Waals surface area contributed by atoms with Crippen LogP contribution in [0.4, 0.5) is 17.5 Å². The van der Waals surface area contributed by atoms with Gasteiger partial charge >= 0.3 is 0 Å². The first-order chi connectivity index (χ1) is 14.1. The minimum Gasteiger partial charge on any atom is -0.354 e. The van der Waals surface area contributed by atoms with Gasteiger partial charge in [-0.05, 0) is 43.9 Å². The predicted octanol–water partition coefficient (Wildman–Crippen LogP) is 3.68. The molecule has 9 heteroatoms. The van der Waals surface area contributed by atoms with E-state index in [4.69, 9.17) is 11.6 Å². The molecule has 2 heterocycles. The first kappa shape index (κ1) is 19.3. The number of hydrogen-bond acceptors (Lipinski definition) is 7. The molecular weight excluding hydrogens is 390 g/mol. The summed E-state index contributed by atoms with van der Waals surface area (Å²) in [4.78, 5) is 28.9. The van der Waals surface area contributed by atoms with E-state index < -0.39 is 0 Å². The number of carbonyl (C=O) groups excluding carboxylic acids is 1. The summed E-state index contributed by atoms with van der Waals surface area (Å²) >= 11 is 6.07. The van der Waals surface area contributed by atoms with E-state index in [1.165, 1.54) is 6.33 Å². The van der Waals surface area contributed by atoms with Crippen molar-refractivity contribution in [2.24, 2.45) is 0 Å². The second-order valence-electron chi connectivity index (χ2n) is 7.18. The normalized spacial score (nSPS) is 19.0. The summed E-state index contributed by atoms with van der Waals surface area (Å²) < 4.78 is 0. The third-order valence-corrected chi connectivity index (χ3v) is 5.17. The van der Waals surface area contributed by atoms with Gasteiger partial charge in [0.25, 0.3) is 0 Å². The maximum absolute atomic E-state index is 11.2. The molecule has 0 spiro atoms. The number of hydrogen-bond donors (Lipinski definition) is 3. The van der Waals surface area contributed by atoms with Gasteiger partial charge in [0.1, 0.15) is 17.4 Å². The fourth-order valence-corrected chi connectivity index (χ4v) is 3.76. The van der Waals surface area contributed by atoms with Gasteiger partial charge in [-0.1, -0.05) is 17.7 Å². The number of carbonyl (C=O) groups is 1. The van der Waals surface area contributed by atoms with Crippen LogP contribution < -0.4 is 16.0 Å². The zero-order valence-corrected chi connectivity index (χ0v) is 16.8. The molecule has 0 aliphatic heterocycles. The molecule has 1 saturated carbocycles. The van der Waals surface area contributed by atoms with Gasteiger partial charge in [0.05, 0.1) is 6.20 Å². The second kappa shape index (κ2) is 8.57. The maximum Gasteiger partial charge on any atom is 0.223 e. The van der Waals surface area contributed by atoms with Crippen LogP contribution >= 0.6 is 11.6 Å². The SMILES string of the molecule is CC(=O)N[C@H]1CC[C@H](Nc2ncc3ncnc(Nc4cccc(Cl)c4)c3n2)CC1. The molecule has 150 valence electrons. The smallest absolute Gasteiger partial charge is 0.223 e. The van der Waals surface area contributed by atoms with Gasteiger partial charge in [-0.25, -0.2) is 19.9 Å². The van der Waals surface area contributed by atoms with E-state index >= 15 is 0 Å². The maximum atomic E-state index is 11.2. The zero-order chi connectivity index (χ0) is 20.2. The van der Waals surface area contributed by atoms with Crippen molar-refractivity contribution in [2.75, 3.05) is 10.6 Å². The molecule has 4 rings (SSSR count). The highest BCUT2D eigenvalue weighted by Crippen LogP contribution is 2.25. The number of benzene rings is 1. The zero-order valence-electron chi connectivity index (χ0n) is 16.0. The molecule has 1 amide bonds. The average molecular weight is 412 g/mol. The Bertz CT molecular complexity index is 1020. The molecule has 1 fully saturated rings. The van der Waals surface area contributed by atoms with E-state index in [0.717, 1.165) is 31.4 Å². The monoisotopic (exact) mass is 411 g/mol. The van der Waals surface area contributed by atoms with Crippen molar-refractivity contribution in [1.82, 2.24) is 25.3 Å². The van der Waals surface area contributed by atoms with E-state index in [9.17, 15) is 4.79 Å². The first-order valence-corrected chi connectivity index (χ1v) is 9.98. The first-order valence-electron chi connectivity index (χ1n) is 9.61. The Labute approximate surface area is 173 Å². The lowest BCUT2D eigenvalue weighted by Crippen LogP contribution is -2.39. The van der Waals surface area contributed by atoms with Crippen LogP contribution in [0.1, 0.15) is 32.6 Å². The van der Waals surface area contributed by atoms with Crippen molar-refractivity contribution < 1.29 is 4.79 Å². The van der Waals surface area contributed by atoms with Crippen LogP contribution in [0.2, 0.25) is 5.02 Å². The number of aromatic nitrogens is 4. The Kier molecular flexibility index (Phi) is 5.71. The van der Waals surface area contributed by atoms with Crippen LogP contribution in [0, 0.1) is 0 Å². The largest absolute Gasteiger partial charge is 0.354 e. The van der Waals surface area contributed by atoms with Gasteiger partial charge in [-0.15, -0.1) is 0 Å². The molecule has 1 aliphatic rings. The van der Waals surface area contributed by atoms with Gasteiger partial charge in [-0.3, -0.25) is 4.79 Å². The molecule has 0 atom stereocenters. The lowest BCUT2D eigenvalue weighted by atomic mass is 9.91. The van der Waals surface area contributed by atoms with Gasteiger partial charge in [-0.2, -0.15) is 0 Å². The Morgan fingerprint density at radius 1 is 1.10 bits per heavy atom. The fourth-order valence-electron chi connectivity index (χ4n) is 3.57. The Morgan fingerprint density at radius 2 is 1.90 bits per heavy atom. The molecule has 1 aliphatic carbocycles. The molecule has 3 aromatic rings. The van der Waals surface area contributed by atoms with Crippen molar-refractivity contribution in [1.29, 1.82) is 0 Å². The summed E-state index contributed by atoms with van der Waals surface area (Å²) in [5.41, 5.74) is 2.11. The average Bonchev–Trinajstić information content (AvgIpc) is 2.70. The van der Waals surface area contributed by atoms with Crippen molar-refractivity contribution in [3.63, 3.8) is 0 Å². The second-order valence-corrected chi connectivity index (χ2v) is 7.61. The van der Waals surface area contributed by atoms with Gasteiger partial charge in [0.15, 0.2) is 5.82 Å². The molecule has 8 nitrogen and oxygen atoms in total. The Morgan fingerprint density at radius 3 is 2.66 bits per heavy atom. The summed E-state index contributed by atoms with van der Waals surface area (Å²) in [5, 5.41) is 10.3. The van der Waals surface area contributed by atoms with Crippen LogP contribution in [0.5, 0.6) is 0 Å². The lowest BCUT2D eigenvalue weighted by molar-refractivity contribution is -0.119. The van der Waals surface area contributed by atoms with E-state index in [2.05, 4.69) is 35.9 Å². The molecule has 0 unspecified atom stereocenters. The van der Waals surface area contributed by atoms with Crippen LogP contribution in [0.15, 0.2) is 36.8 Å². The highest BCUT2D eigenvalue weighted by molar-refractivity contribution is 6.30. The van der Waals surface area contributed by atoms with Crippen LogP contribution in [0.25, 0.3) is 11.0 Å². The molecule has 2 aromatic heterocycles. The fraction of sp³-hybridized carbons (Fsp3) is 0.350. The lowest BCUT2D eigenvalue weighted by Gasteiger charge is -2.29. The summed E-state index contributed by atoms with van der Waals surface area (Å²) in [6, 6.07) is 7.94.